The Labute approximate surface area is 335 Å². The summed E-state index contributed by atoms with van der Waals surface area (Å²) in [6, 6.07) is 67.5. The molecule has 274 valence electrons. The molecule has 0 fully saturated rings. The average Bonchev–Trinajstić information content (AvgIpc) is 4.09. The van der Waals surface area contributed by atoms with Gasteiger partial charge in [-0.15, -0.1) is 0 Å². The highest BCUT2D eigenvalue weighted by Crippen LogP contribution is 2.45. The molecule has 0 N–H and O–H groups in total. The molecule has 14 aromatic rings. The zero-order valence-electron chi connectivity index (χ0n) is 31.6. The first kappa shape index (κ1) is 31.1. The van der Waals surface area contributed by atoms with Gasteiger partial charge in [-0.1, -0.05) is 91.0 Å². The van der Waals surface area contributed by atoms with Crippen LogP contribution in [0.25, 0.3) is 126 Å². The van der Waals surface area contributed by atoms with E-state index in [0.717, 1.165) is 105 Å². The average molecular weight is 754 g/mol. The lowest BCUT2D eigenvalue weighted by molar-refractivity contribution is 0.669. The minimum absolute atomic E-state index is 0.887. The maximum atomic E-state index is 7.21. The summed E-state index contributed by atoms with van der Waals surface area (Å²) in [4.78, 5) is 0. The van der Waals surface area contributed by atoms with E-state index in [0.29, 0.717) is 0 Å². The van der Waals surface area contributed by atoms with Gasteiger partial charge >= 0.3 is 0 Å². The number of rotatable bonds is 3. The van der Waals surface area contributed by atoms with Crippen LogP contribution >= 0.6 is 0 Å². The number of furan rings is 2. The Balaban J connectivity index is 0.989. The molecule has 0 spiro atoms. The van der Waals surface area contributed by atoms with Crippen LogP contribution in [-0.2, 0) is 0 Å². The third kappa shape index (κ3) is 4.08. The van der Waals surface area contributed by atoms with Crippen molar-refractivity contribution < 1.29 is 8.83 Å². The Morgan fingerprint density at radius 3 is 1.22 bits per heavy atom. The van der Waals surface area contributed by atoms with Crippen LogP contribution < -0.4 is 0 Å². The third-order valence-electron chi connectivity index (χ3n) is 12.6. The van der Waals surface area contributed by atoms with E-state index in [1.165, 1.54) is 21.8 Å². The minimum atomic E-state index is 0.887. The number of aromatic nitrogens is 3. The van der Waals surface area contributed by atoms with Crippen molar-refractivity contribution in [2.24, 2.45) is 0 Å². The van der Waals surface area contributed by atoms with Gasteiger partial charge in [0.1, 0.15) is 22.3 Å². The zero-order valence-corrected chi connectivity index (χ0v) is 31.6. The predicted octanol–water partition coefficient (Wildman–Crippen LogP) is 14.8. The lowest BCUT2D eigenvalue weighted by Gasteiger charge is -2.11. The fourth-order valence-corrected chi connectivity index (χ4v) is 10.2. The van der Waals surface area contributed by atoms with Gasteiger partial charge in [0, 0.05) is 60.2 Å². The number of fused-ring (bicyclic) bond motifs is 17. The van der Waals surface area contributed by atoms with Gasteiger partial charge in [0.25, 0.3) is 0 Å². The maximum Gasteiger partial charge on any atom is 0.145 e. The number of para-hydroxylation sites is 5. The highest BCUT2D eigenvalue weighted by molar-refractivity contribution is 6.29. The van der Waals surface area contributed by atoms with Crippen molar-refractivity contribution >= 4 is 109 Å². The van der Waals surface area contributed by atoms with Crippen LogP contribution in [0.1, 0.15) is 0 Å². The highest BCUT2D eigenvalue weighted by Gasteiger charge is 2.23. The molecule has 0 radical (unpaired) electrons. The van der Waals surface area contributed by atoms with E-state index in [1.54, 1.807) is 0 Å². The van der Waals surface area contributed by atoms with Crippen LogP contribution in [-0.4, -0.2) is 13.7 Å². The van der Waals surface area contributed by atoms with Gasteiger partial charge in [-0.2, -0.15) is 0 Å². The van der Waals surface area contributed by atoms with E-state index in [-0.39, 0.29) is 0 Å². The molecule has 0 aliphatic heterocycles. The second-order valence-electron chi connectivity index (χ2n) is 15.6. The largest absolute Gasteiger partial charge is 0.456 e. The second-order valence-corrected chi connectivity index (χ2v) is 15.6. The Morgan fingerprint density at radius 1 is 0.254 bits per heavy atom. The molecule has 0 bridgehead atoms. The molecular weight excluding hydrogens is 723 g/mol. The lowest BCUT2D eigenvalue weighted by Crippen LogP contribution is -1.97. The van der Waals surface area contributed by atoms with Gasteiger partial charge in [-0.3, -0.25) is 0 Å². The van der Waals surface area contributed by atoms with E-state index in [2.05, 4.69) is 190 Å². The summed E-state index contributed by atoms with van der Waals surface area (Å²) in [6.07, 6.45) is 0. The molecule has 0 aliphatic carbocycles. The first-order chi connectivity index (χ1) is 29.3. The summed E-state index contributed by atoms with van der Waals surface area (Å²) >= 11 is 0. The quantitative estimate of drug-likeness (QED) is 0.180. The number of benzene rings is 9. The number of hydrogen-bond acceptors (Lipinski definition) is 2. The Kier molecular flexibility index (Phi) is 5.96. The summed E-state index contributed by atoms with van der Waals surface area (Å²) in [6.45, 7) is 0. The first-order valence-corrected chi connectivity index (χ1v) is 20.1. The monoisotopic (exact) mass is 753 g/mol. The van der Waals surface area contributed by atoms with Crippen molar-refractivity contribution in [2.75, 3.05) is 0 Å². The molecule has 59 heavy (non-hydrogen) atoms. The molecule has 5 heterocycles. The molecule has 5 heteroatoms. The summed E-state index contributed by atoms with van der Waals surface area (Å²) < 4.78 is 20.5. The van der Waals surface area contributed by atoms with Gasteiger partial charge in [0.05, 0.1) is 43.9 Å². The smallest absolute Gasteiger partial charge is 0.145 e. The van der Waals surface area contributed by atoms with E-state index in [1.807, 2.05) is 12.1 Å². The van der Waals surface area contributed by atoms with Gasteiger partial charge in [0.15, 0.2) is 0 Å². The summed E-state index contributed by atoms with van der Waals surface area (Å²) in [7, 11) is 0. The zero-order chi connectivity index (χ0) is 38.3. The number of nitrogens with zero attached hydrogens (tertiary/aromatic N) is 3. The summed E-state index contributed by atoms with van der Waals surface area (Å²) in [5, 5.41) is 11.5. The van der Waals surface area contributed by atoms with Gasteiger partial charge in [0.2, 0.25) is 0 Å². The third-order valence-corrected chi connectivity index (χ3v) is 12.6. The van der Waals surface area contributed by atoms with E-state index >= 15 is 0 Å². The molecule has 0 saturated carbocycles. The molecule has 14 rings (SSSR count). The Bertz CT molecular complexity index is 4020. The topological polar surface area (TPSA) is 41.1 Å². The van der Waals surface area contributed by atoms with Crippen LogP contribution in [0.2, 0.25) is 0 Å². The fraction of sp³-hybridized carbons (Fsp3) is 0. The Morgan fingerprint density at radius 2 is 0.661 bits per heavy atom. The molecule has 0 saturated heterocycles. The van der Waals surface area contributed by atoms with Gasteiger partial charge in [-0.05, 0) is 97.1 Å². The van der Waals surface area contributed by atoms with Crippen molar-refractivity contribution in [1.82, 2.24) is 13.7 Å². The standard InChI is InChI=1S/C54H31N3O2/c1-6-16-43-35(11-1)36-12-2-7-17-44(36)55(43)32-21-23-33(24-22-32)56-45-18-8-3-14-40(45)51-47(56)28-26-38-39-27-29-48-52(54(39)59-53(38)51)41-15-4-9-19-46(41)57(48)34-25-30-50-42(31-34)37-13-5-10-20-49(37)58-50/h1-31H. The predicted molar refractivity (Wildman–Crippen MR) is 244 cm³/mol. The van der Waals surface area contributed by atoms with Crippen LogP contribution in [0.5, 0.6) is 0 Å². The van der Waals surface area contributed by atoms with E-state index in [4.69, 9.17) is 8.83 Å². The lowest BCUT2D eigenvalue weighted by atomic mass is 10.1. The molecule has 5 aromatic heterocycles. The van der Waals surface area contributed by atoms with E-state index < -0.39 is 0 Å². The summed E-state index contributed by atoms with van der Waals surface area (Å²) in [5.41, 5.74) is 13.8. The normalized spacial score (nSPS) is 12.4. The van der Waals surface area contributed by atoms with Crippen molar-refractivity contribution in [3.63, 3.8) is 0 Å². The minimum Gasteiger partial charge on any atom is -0.456 e. The Hall–Kier alpha value is -8.02. The second kappa shape index (κ2) is 11.3. The summed E-state index contributed by atoms with van der Waals surface area (Å²) in [5.74, 6) is 0. The molecule has 0 unspecified atom stereocenters. The van der Waals surface area contributed by atoms with Crippen molar-refractivity contribution in [1.29, 1.82) is 0 Å². The van der Waals surface area contributed by atoms with Crippen molar-refractivity contribution in [2.45, 2.75) is 0 Å². The SMILES string of the molecule is c1ccc2c(c1)oc1ccc(-n3c4ccccc4c4c5oc6c(ccc7c6c6ccccc6n7-c6ccc(-n7c8ccccc8c8ccccc87)cc6)c5ccc43)cc12. The van der Waals surface area contributed by atoms with Crippen molar-refractivity contribution in [3.05, 3.63) is 188 Å². The van der Waals surface area contributed by atoms with Crippen LogP contribution in [0.3, 0.4) is 0 Å². The number of hydrogen-bond donors (Lipinski definition) is 0. The maximum absolute atomic E-state index is 7.21. The van der Waals surface area contributed by atoms with Crippen LogP contribution in [0.15, 0.2) is 197 Å². The molecule has 0 aliphatic rings. The van der Waals surface area contributed by atoms with Crippen molar-refractivity contribution in [3.8, 4) is 17.1 Å². The first-order valence-electron chi connectivity index (χ1n) is 20.1. The molecule has 0 amide bonds. The highest BCUT2D eigenvalue weighted by atomic mass is 16.3. The fourth-order valence-electron chi connectivity index (χ4n) is 10.2. The van der Waals surface area contributed by atoms with Gasteiger partial charge in [-0.25, -0.2) is 0 Å². The van der Waals surface area contributed by atoms with Gasteiger partial charge < -0.3 is 22.5 Å². The van der Waals surface area contributed by atoms with E-state index in [9.17, 15) is 0 Å². The molecule has 9 aromatic carbocycles. The molecule has 5 nitrogen and oxygen atoms in total. The molecule has 0 atom stereocenters. The molecular formula is C54H31N3O2. The van der Waals surface area contributed by atoms with Crippen LogP contribution in [0, 0.1) is 0 Å². The van der Waals surface area contributed by atoms with Crippen LogP contribution in [0.4, 0.5) is 0 Å².